The monoisotopic (exact) mass is 139 g/mol. The zero-order valence-electron chi connectivity index (χ0n) is 5.76. The molecule has 1 aromatic heterocycles. The summed E-state index contributed by atoms with van der Waals surface area (Å²) in [4.78, 5) is 10.9. The van der Waals surface area contributed by atoms with E-state index >= 15 is 0 Å². The fraction of sp³-hybridized carbons (Fsp3) is 0.286. The average molecular weight is 139 g/mol. The maximum Gasteiger partial charge on any atom is 0.197 e. The molecule has 1 heterocycles. The molecule has 0 spiro atoms. The van der Waals surface area contributed by atoms with E-state index in [0.29, 0.717) is 12.2 Å². The lowest BCUT2D eigenvalue weighted by Gasteiger charge is -1.87. The van der Waals surface area contributed by atoms with Crippen molar-refractivity contribution in [2.75, 3.05) is 5.73 Å². The first kappa shape index (κ1) is 6.86. The smallest absolute Gasteiger partial charge is 0.197 e. The Morgan fingerprint density at radius 1 is 1.70 bits per heavy atom. The topological polar surface area (TPSA) is 56.2 Å². The van der Waals surface area contributed by atoms with Crippen LogP contribution in [0, 0.1) is 0 Å². The molecule has 0 saturated heterocycles. The Morgan fingerprint density at radius 3 is 2.80 bits per heavy atom. The van der Waals surface area contributed by atoms with Crippen LogP contribution in [-0.2, 0) is 0 Å². The molecule has 0 amide bonds. The third-order valence-electron chi connectivity index (χ3n) is 1.22. The maximum absolute atomic E-state index is 10.9. The number of nitrogen functional groups attached to an aromatic ring is 1. The minimum atomic E-state index is -0.0169. The van der Waals surface area contributed by atoms with Gasteiger partial charge in [-0.2, -0.15) is 0 Å². The predicted octanol–water partition coefficient (Wildman–Crippen LogP) is 1.45. The van der Waals surface area contributed by atoms with Crippen LogP contribution >= 0.6 is 0 Å². The predicted molar refractivity (Wildman–Crippen MR) is 37.7 cm³/mol. The zero-order chi connectivity index (χ0) is 7.56. The lowest BCUT2D eigenvalue weighted by atomic mass is 10.2. The summed E-state index contributed by atoms with van der Waals surface area (Å²) >= 11 is 0. The van der Waals surface area contributed by atoms with Gasteiger partial charge in [0, 0.05) is 12.5 Å². The number of Topliss-reactive ketones (excluding diaryl/α,β-unsaturated/α-hetero) is 1. The number of furan rings is 1. The summed E-state index contributed by atoms with van der Waals surface area (Å²) in [6, 6.07) is 3.16. The molecular formula is C7H9NO2. The number of carbonyl (C=O) groups is 1. The van der Waals surface area contributed by atoms with E-state index in [1.165, 1.54) is 0 Å². The van der Waals surface area contributed by atoms with Crippen LogP contribution < -0.4 is 5.73 Å². The molecule has 54 valence electrons. The van der Waals surface area contributed by atoms with Gasteiger partial charge in [-0.1, -0.05) is 6.92 Å². The third-order valence-corrected chi connectivity index (χ3v) is 1.22. The van der Waals surface area contributed by atoms with Crippen molar-refractivity contribution < 1.29 is 9.21 Å². The molecule has 2 N–H and O–H groups in total. The molecule has 0 aliphatic heterocycles. The summed E-state index contributed by atoms with van der Waals surface area (Å²) in [6.07, 6.45) is 0.451. The molecule has 0 radical (unpaired) electrons. The van der Waals surface area contributed by atoms with Gasteiger partial charge in [0.05, 0.1) is 0 Å². The molecule has 0 aromatic carbocycles. The highest BCUT2D eigenvalue weighted by Crippen LogP contribution is 2.10. The van der Waals surface area contributed by atoms with Gasteiger partial charge in [-0.25, -0.2) is 0 Å². The van der Waals surface area contributed by atoms with Crippen LogP contribution in [0.1, 0.15) is 23.9 Å². The summed E-state index contributed by atoms with van der Waals surface area (Å²) in [5.74, 6) is 0.619. The second kappa shape index (κ2) is 2.56. The maximum atomic E-state index is 10.9. The van der Waals surface area contributed by atoms with Crippen molar-refractivity contribution in [2.45, 2.75) is 13.3 Å². The largest absolute Gasteiger partial charge is 0.438 e. The Balaban J connectivity index is 2.85. The highest BCUT2D eigenvalue weighted by Gasteiger charge is 2.05. The number of ketones is 1. The van der Waals surface area contributed by atoms with Crippen LogP contribution in [0.4, 0.5) is 5.88 Å². The van der Waals surface area contributed by atoms with E-state index in [-0.39, 0.29) is 11.7 Å². The van der Waals surface area contributed by atoms with Crippen LogP contribution in [0.25, 0.3) is 0 Å². The summed E-state index contributed by atoms with van der Waals surface area (Å²) < 4.78 is 4.86. The quantitative estimate of drug-likeness (QED) is 0.631. The van der Waals surface area contributed by atoms with Gasteiger partial charge in [-0.3, -0.25) is 4.79 Å². The van der Waals surface area contributed by atoms with Crippen molar-refractivity contribution in [1.29, 1.82) is 0 Å². The fourth-order valence-corrected chi connectivity index (χ4v) is 0.677. The van der Waals surface area contributed by atoms with Crippen LogP contribution in [0.3, 0.4) is 0 Å². The van der Waals surface area contributed by atoms with Crippen molar-refractivity contribution in [3.8, 4) is 0 Å². The van der Waals surface area contributed by atoms with Crippen LogP contribution in [0.15, 0.2) is 16.5 Å². The van der Waals surface area contributed by atoms with E-state index in [4.69, 9.17) is 10.2 Å². The van der Waals surface area contributed by atoms with Gasteiger partial charge in [0.2, 0.25) is 0 Å². The molecule has 0 atom stereocenters. The molecule has 0 aliphatic rings. The van der Waals surface area contributed by atoms with Gasteiger partial charge in [-0.05, 0) is 6.07 Å². The van der Waals surface area contributed by atoms with Crippen LogP contribution in [-0.4, -0.2) is 5.78 Å². The van der Waals surface area contributed by atoms with Crippen LogP contribution in [0.2, 0.25) is 0 Å². The minimum Gasteiger partial charge on any atom is -0.438 e. The Kier molecular flexibility index (Phi) is 1.76. The van der Waals surface area contributed by atoms with Crippen molar-refractivity contribution >= 4 is 11.7 Å². The molecular weight excluding hydrogens is 130 g/mol. The summed E-state index contributed by atoms with van der Waals surface area (Å²) in [7, 11) is 0. The Bertz CT molecular complexity index is 240. The Morgan fingerprint density at radius 2 is 2.40 bits per heavy atom. The standard InChI is InChI=1S/C7H9NO2/c1-2-5(9)6-3-4-7(8)10-6/h3-4H,2,8H2,1H3. The highest BCUT2D eigenvalue weighted by atomic mass is 16.4. The second-order valence-electron chi connectivity index (χ2n) is 1.98. The van der Waals surface area contributed by atoms with E-state index in [2.05, 4.69) is 0 Å². The molecule has 1 aromatic rings. The van der Waals surface area contributed by atoms with Gasteiger partial charge >= 0.3 is 0 Å². The molecule has 0 saturated carbocycles. The lowest BCUT2D eigenvalue weighted by molar-refractivity contribution is 0.0962. The van der Waals surface area contributed by atoms with Crippen molar-refractivity contribution in [3.05, 3.63) is 17.9 Å². The minimum absolute atomic E-state index is 0.0169. The van der Waals surface area contributed by atoms with E-state index in [9.17, 15) is 4.79 Å². The van der Waals surface area contributed by atoms with Gasteiger partial charge in [0.1, 0.15) is 0 Å². The summed E-state index contributed by atoms with van der Waals surface area (Å²) in [5, 5.41) is 0. The van der Waals surface area contributed by atoms with Crippen molar-refractivity contribution in [3.63, 3.8) is 0 Å². The first-order valence-corrected chi connectivity index (χ1v) is 3.12. The average Bonchev–Trinajstić information content (AvgIpc) is 2.34. The molecule has 0 aliphatic carbocycles. The van der Waals surface area contributed by atoms with Gasteiger partial charge in [-0.15, -0.1) is 0 Å². The van der Waals surface area contributed by atoms with Gasteiger partial charge < -0.3 is 10.2 Å². The van der Waals surface area contributed by atoms with Crippen molar-refractivity contribution in [1.82, 2.24) is 0 Å². The molecule has 3 heteroatoms. The van der Waals surface area contributed by atoms with E-state index in [0.717, 1.165) is 0 Å². The normalized spacial score (nSPS) is 9.70. The van der Waals surface area contributed by atoms with E-state index in [1.807, 2.05) is 0 Å². The van der Waals surface area contributed by atoms with Gasteiger partial charge in [0.25, 0.3) is 0 Å². The fourth-order valence-electron chi connectivity index (χ4n) is 0.677. The molecule has 1 rings (SSSR count). The molecule has 0 unspecified atom stereocenters. The molecule has 10 heavy (non-hydrogen) atoms. The second-order valence-corrected chi connectivity index (χ2v) is 1.98. The summed E-state index contributed by atoms with van der Waals surface area (Å²) in [6.45, 7) is 1.78. The zero-order valence-corrected chi connectivity index (χ0v) is 5.76. The molecule has 3 nitrogen and oxygen atoms in total. The van der Waals surface area contributed by atoms with Crippen molar-refractivity contribution in [2.24, 2.45) is 0 Å². The number of hydrogen-bond acceptors (Lipinski definition) is 3. The number of rotatable bonds is 2. The Hall–Kier alpha value is -1.25. The number of carbonyl (C=O) groups excluding carboxylic acids is 1. The first-order chi connectivity index (χ1) is 4.74. The highest BCUT2D eigenvalue weighted by molar-refractivity contribution is 5.93. The Labute approximate surface area is 58.8 Å². The first-order valence-electron chi connectivity index (χ1n) is 3.12. The summed E-state index contributed by atoms with van der Waals surface area (Å²) in [5.41, 5.74) is 5.25. The third kappa shape index (κ3) is 1.18. The number of anilines is 1. The molecule has 0 fully saturated rings. The van der Waals surface area contributed by atoms with E-state index in [1.54, 1.807) is 19.1 Å². The number of nitrogens with two attached hydrogens (primary N) is 1. The lowest BCUT2D eigenvalue weighted by Crippen LogP contribution is -1.92. The SMILES string of the molecule is CCC(=O)c1ccc(N)o1. The molecule has 0 bridgehead atoms. The van der Waals surface area contributed by atoms with Gasteiger partial charge in [0.15, 0.2) is 17.4 Å². The van der Waals surface area contributed by atoms with E-state index < -0.39 is 0 Å². The van der Waals surface area contributed by atoms with Crippen LogP contribution in [0.5, 0.6) is 0 Å². The number of hydrogen-bond donors (Lipinski definition) is 1.